The Morgan fingerprint density at radius 3 is 3.08 bits per heavy atom. The van der Waals surface area contributed by atoms with Crippen molar-refractivity contribution in [2.24, 2.45) is 5.16 Å². The maximum Gasteiger partial charge on any atom is 0.135 e. The van der Waals surface area contributed by atoms with Crippen LogP contribution in [-0.4, -0.2) is 29.3 Å². The standard InChI is InChI=1S/C20H23N3OS/c1-3-12-24-23-18-10-6-7-11-20(18,19(25)21-2)16-13-15-8-4-5-9-17(15)22-14-16/h3-5,8-9,13-14H,1,6-7,10-12H2,2H3,(H,21,25). The molecule has 130 valence electrons. The average molecular weight is 353 g/mol. The van der Waals surface area contributed by atoms with E-state index in [-0.39, 0.29) is 0 Å². The van der Waals surface area contributed by atoms with Gasteiger partial charge in [-0.15, -0.1) is 0 Å². The van der Waals surface area contributed by atoms with Crippen LogP contribution in [0, 0.1) is 0 Å². The maximum atomic E-state index is 5.75. The van der Waals surface area contributed by atoms with Gasteiger partial charge in [-0.05, 0) is 37.0 Å². The highest BCUT2D eigenvalue weighted by molar-refractivity contribution is 7.80. The molecule has 0 radical (unpaired) electrons. The first kappa shape index (κ1) is 17.5. The summed E-state index contributed by atoms with van der Waals surface area (Å²) in [6, 6.07) is 10.3. The summed E-state index contributed by atoms with van der Waals surface area (Å²) in [4.78, 5) is 10.9. The fraction of sp³-hybridized carbons (Fsp3) is 0.350. The highest BCUT2D eigenvalue weighted by atomic mass is 32.1. The summed E-state index contributed by atoms with van der Waals surface area (Å²) in [5.41, 5.74) is 2.57. The van der Waals surface area contributed by atoms with Gasteiger partial charge in [0.1, 0.15) is 6.61 Å². The number of nitrogens with one attached hydrogen (secondary N) is 1. The lowest BCUT2D eigenvalue weighted by Gasteiger charge is -2.38. The molecule has 1 saturated carbocycles. The van der Waals surface area contributed by atoms with E-state index < -0.39 is 5.41 Å². The van der Waals surface area contributed by atoms with Crippen LogP contribution in [0.3, 0.4) is 0 Å². The molecule has 2 aromatic rings. The van der Waals surface area contributed by atoms with E-state index in [2.05, 4.69) is 34.2 Å². The Morgan fingerprint density at radius 2 is 2.28 bits per heavy atom. The van der Waals surface area contributed by atoms with Crippen molar-refractivity contribution in [3.63, 3.8) is 0 Å². The molecular weight excluding hydrogens is 330 g/mol. The monoisotopic (exact) mass is 353 g/mol. The van der Waals surface area contributed by atoms with Crippen LogP contribution in [0.2, 0.25) is 0 Å². The SMILES string of the molecule is C=CCON=C1CCCCC1(C(=S)NC)c1cnc2ccccc2c1. The van der Waals surface area contributed by atoms with Gasteiger partial charge in [0.25, 0.3) is 0 Å². The van der Waals surface area contributed by atoms with Crippen molar-refractivity contribution in [3.8, 4) is 0 Å². The number of hydrogen-bond donors (Lipinski definition) is 1. The second kappa shape index (κ2) is 7.74. The van der Waals surface area contributed by atoms with Gasteiger partial charge in [0.15, 0.2) is 0 Å². The number of aromatic nitrogens is 1. The first-order valence-electron chi connectivity index (χ1n) is 8.60. The second-order valence-electron chi connectivity index (χ2n) is 6.23. The summed E-state index contributed by atoms with van der Waals surface area (Å²) in [6.07, 6.45) is 7.58. The molecule has 3 rings (SSSR count). The molecule has 0 bridgehead atoms. The molecule has 0 amide bonds. The van der Waals surface area contributed by atoms with Crippen LogP contribution in [0.5, 0.6) is 0 Å². The molecule has 0 aliphatic heterocycles. The van der Waals surface area contributed by atoms with Crippen molar-refractivity contribution in [1.82, 2.24) is 10.3 Å². The first-order valence-corrected chi connectivity index (χ1v) is 9.01. The number of benzene rings is 1. The van der Waals surface area contributed by atoms with Crippen molar-refractivity contribution in [2.45, 2.75) is 31.1 Å². The molecule has 1 heterocycles. The van der Waals surface area contributed by atoms with E-state index in [1.807, 2.05) is 31.4 Å². The topological polar surface area (TPSA) is 46.5 Å². The lowest BCUT2D eigenvalue weighted by molar-refractivity contribution is 0.171. The predicted molar refractivity (Wildman–Crippen MR) is 107 cm³/mol. The quantitative estimate of drug-likeness (QED) is 0.380. The largest absolute Gasteiger partial charge is 0.392 e. The van der Waals surface area contributed by atoms with Crippen LogP contribution in [-0.2, 0) is 10.3 Å². The molecule has 1 fully saturated rings. The molecule has 1 N–H and O–H groups in total. The van der Waals surface area contributed by atoms with Crippen LogP contribution in [0.4, 0.5) is 0 Å². The highest BCUT2D eigenvalue weighted by Gasteiger charge is 2.44. The zero-order chi connectivity index (χ0) is 17.7. The van der Waals surface area contributed by atoms with Gasteiger partial charge in [-0.1, -0.05) is 54.6 Å². The third-order valence-corrected chi connectivity index (χ3v) is 5.33. The Hall–Kier alpha value is -2.27. The van der Waals surface area contributed by atoms with Gasteiger partial charge >= 0.3 is 0 Å². The molecule has 1 aromatic carbocycles. The number of pyridine rings is 1. The van der Waals surface area contributed by atoms with Crippen LogP contribution >= 0.6 is 12.2 Å². The van der Waals surface area contributed by atoms with Gasteiger partial charge < -0.3 is 10.2 Å². The van der Waals surface area contributed by atoms with Gasteiger partial charge in [0.2, 0.25) is 0 Å². The van der Waals surface area contributed by atoms with Crippen molar-refractivity contribution in [3.05, 3.63) is 54.7 Å². The summed E-state index contributed by atoms with van der Waals surface area (Å²) in [7, 11) is 1.87. The molecule has 0 spiro atoms. The maximum absolute atomic E-state index is 5.75. The number of likely N-dealkylation sites (N-methyl/N-ethyl adjacent to an activating group) is 1. The van der Waals surface area contributed by atoms with Crippen LogP contribution in [0.25, 0.3) is 10.9 Å². The molecule has 4 nitrogen and oxygen atoms in total. The van der Waals surface area contributed by atoms with Crippen molar-refractivity contribution in [2.75, 3.05) is 13.7 Å². The number of thiocarbonyl (C=S) groups is 1. The van der Waals surface area contributed by atoms with Crippen LogP contribution < -0.4 is 5.32 Å². The molecule has 1 unspecified atom stereocenters. The van der Waals surface area contributed by atoms with Crippen molar-refractivity contribution in [1.29, 1.82) is 0 Å². The minimum Gasteiger partial charge on any atom is -0.392 e. The second-order valence-corrected chi connectivity index (χ2v) is 6.64. The van der Waals surface area contributed by atoms with E-state index in [0.717, 1.165) is 52.8 Å². The number of fused-ring (bicyclic) bond motifs is 1. The Balaban J connectivity index is 2.14. The fourth-order valence-corrected chi connectivity index (χ4v) is 3.87. The molecule has 5 heteroatoms. The first-order chi connectivity index (χ1) is 12.2. The van der Waals surface area contributed by atoms with Gasteiger partial charge in [-0.25, -0.2) is 0 Å². The van der Waals surface area contributed by atoms with E-state index in [4.69, 9.17) is 17.1 Å². The average Bonchev–Trinajstić information content (AvgIpc) is 2.67. The third kappa shape index (κ3) is 3.29. The van der Waals surface area contributed by atoms with Crippen molar-refractivity contribution >= 4 is 33.8 Å². The number of hydrogen-bond acceptors (Lipinski definition) is 4. The molecule has 0 saturated heterocycles. The summed E-state index contributed by atoms with van der Waals surface area (Å²) >= 11 is 5.75. The Bertz CT molecular complexity index is 817. The van der Waals surface area contributed by atoms with Gasteiger partial charge in [-0.2, -0.15) is 0 Å². The minimum atomic E-state index is -0.458. The summed E-state index contributed by atoms with van der Waals surface area (Å²) < 4.78 is 0. The zero-order valence-electron chi connectivity index (χ0n) is 14.5. The van der Waals surface area contributed by atoms with E-state index in [1.54, 1.807) is 6.08 Å². The third-order valence-electron chi connectivity index (χ3n) is 4.77. The summed E-state index contributed by atoms with van der Waals surface area (Å²) in [6.45, 7) is 4.07. The molecule has 1 aromatic heterocycles. The zero-order valence-corrected chi connectivity index (χ0v) is 15.3. The van der Waals surface area contributed by atoms with Gasteiger partial charge in [0, 0.05) is 18.6 Å². The molecular formula is C20H23N3OS. The molecule has 1 aliphatic rings. The van der Waals surface area contributed by atoms with Crippen LogP contribution in [0.15, 0.2) is 54.3 Å². The summed E-state index contributed by atoms with van der Waals surface area (Å²) in [5.74, 6) is 0. The smallest absolute Gasteiger partial charge is 0.135 e. The van der Waals surface area contributed by atoms with E-state index in [9.17, 15) is 0 Å². The highest BCUT2D eigenvalue weighted by Crippen LogP contribution is 2.39. The fourth-order valence-electron chi connectivity index (χ4n) is 3.54. The molecule has 1 atom stereocenters. The van der Waals surface area contributed by atoms with Crippen molar-refractivity contribution < 1.29 is 4.84 Å². The van der Waals surface area contributed by atoms with Crippen LogP contribution in [0.1, 0.15) is 31.2 Å². The summed E-state index contributed by atoms with van der Waals surface area (Å²) in [5, 5.41) is 8.74. The van der Waals surface area contributed by atoms with E-state index in [1.165, 1.54) is 0 Å². The predicted octanol–water partition coefficient (Wildman–Crippen LogP) is 4.15. The van der Waals surface area contributed by atoms with Gasteiger partial charge in [-0.3, -0.25) is 4.98 Å². The lowest BCUT2D eigenvalue weighted by Crippen LogP contribution is -2.50. The minimum absolute atomic E-state index is 0.391. The van der Waals surface area contributed by atoms with E-state index >= 15 is 0 Å². The number of oxime groups is 1. The number of para-hydroxylation sites is 1. The normalized spacial score (nSPS) is 21.9. The molecule has 25 heavy (non-hydrogen) atoms. The number of rotatable bonds is 5. The molecule has 1 aliphatic carbocycles. The Kier molecular flexibility index (Phi) is 5.43. The van der Waals surface area contributed by atoms with Gasteiger partial charge in [0.05, 0.1) is 21.6 Å². The Morgan fingerprint density at radius 1 is 1.44 bits per heavy atom. The number of nitrogens with zero attached hydrogens (tertiary/aromatic N) is 2. The Labute approximate surface area is 154 Å². The lowest BCUT2D eigenvalue weighted by atomic mass is 9.68. The van der Waals surface area contributed by atoms with E-state index in [0.29, 0.717) is 6.61 Å².